The number of carbonyl (C=O) groups is 1. The minimum absolute atomic E-state index is 0.188. The van der Waals surface area contributed by atoms with Gasteiger partial charge in [0.15, 0.2) is 5.69 Å². The monoisotopic (exact) mass is 287 g/mol. The first kappa shape index (κ1) is 14.9. The average molecular weight is 287 g/mol. The topological polar surface area (TPSA) is 77.1 Å². The van der Waals surface area contributed by atoms with E-state index < -0.39 is 5.97 Å². The maximum absolute atomic E-state index is 11.8. The molecule has 21 heavy (non-hydrogen) atoms. The quantitative estimate of drug-likeness (QED) is 0.480. The van der Waals surface area contributed by atoms with E-state index in [-0.39, 0.29) is 5.69 Å². The Balaban J connectivity index is 2.14. The number of ether oxygens (including phenoxy) is 2. The molecule has 0 aliphatic carbocycles. The third-order valence-corrected chi connectivity index (χ3v) is 2.75. The van der Waals surface area contributed by atoms with Gasteiger partial charge in [0, 0.05) is 5.56 Å². The molecule has 0 amide bonds. The van der Waals surface area contributed by atoms with E-state index in [0.29, 0.717) is 25.5 Å². The highest BCUT2D eigenvalue weighted by molar-refractivity contribution is 5.93. The molecule has 0 atom stereocenters. The molecule has 6 nitrogen and oxygen atoms in total. The first-order valence-corrected chi connectivity index (χ1v) is 6.62. The second-order valence-corrected chi connectivity index (χ2v) is 4.24. The van der Waals surface area contributed by atoms with Gasteiger partial charge in [0.2, 0.25) is 0 Å². The summed E-state index contributed by atoms with van der Waals surface area (Å²) in [5.41, 5.74) is 2.49. The van der Waals surface area contributed by atoms with Crippen LogP contribution in [-0.2, 0) is 16.1 Å². The maximum Gasteiger partial charge on any atom is 0.361 e. The lowest BCUT2D eigenvalue weighted by molar-refractivity contribution is 0.0520. The summed E-state index contributed by atoms with van der Waals surface area (Å²) < 4.78 is 10.3. The van der Waals surface area contributed by atoms with Gasteiger partial charge in [-0.1, -0.05) is 30.3 Å². The van der Waals surface area contributed by atoms with Gasteiger partial charge in [0.25, 0.3) is 0 Å². The van der Waals surface area contributed by atoms with E-state index in [1.54, 1.807) is 13.0 Å². The SMILES string of the molecule is C=CCOCc1ccc(-c2n[nH]nc2C(=O)OCC)cc1. The largest absolute Gasteiger partial charge is 0.461 e. The van der Waals surface area contributed by atoms with Gasteiger partial charge in [0.1, 0.15) is 5.69 Å². The lowest BCUT2D eigenvalue weighted by Crippen LogP contribution is -2.06. The number of hydrogen-bond acceptors (Lipinski definition) is 5. The Hall–Kier alpha value is -2.47. The van der Waals surface area contributed by atoms with Gasteiger partial charge in [0.05, 0.1) is 19.8 Å². The van der Waals surface area contributed by atoms with Crippen molar-refractivity contribution in [1.29, 1.82) is 0 Å². The molecular formula is C15H17N3O3. The molecule has 2 rings (SSSR count). The molecule has 2 aromatic rings. The van der Waals surface area contributed by atoms with E-state index in [4.69, 9.17) is 9.47 Å². The highest BCUT2D eigenvalue weighted by Crippen LogP contribution is 2.21. The fraction of sp³-hybridized carbons (Fsp3) is 0.267. The molecule has 0 aliphatic heterocycles. The predicted molar refractivity (Wildman–Crippen MR) is 77.6 cm³/mol. The summed E-state index contributed by atoms with van der Waals surface area (Å²) >= 11 is 0. The minimum Gasteiger partial charge on any atom is -0.461 e. The second-order valence-electron chi connectivity index (χ2n) is 4.24. The van der Waals surface area contributed by atoms with E-state index in [9.17, 15) is 4.79 Å². The lowest BCUT2D eigenvalue weighted by Gasteiger charge is -2.04. The number of aromatic amines is 1. The minimum atomic E-state index is -0.486. The van der Waals surface area contributed by atoms with Gasteiger partial charge < -0.3 is 9.47 Å². The first-order chi connectivity index (χ1) is 10.3. The molecule has 6 heteroatoms. The van der Waals surface area contributed by atoms with Gasteiger partial charge in [-0.2, -0.15) is 10.3 Å². The molecule has 0 saturated carbocycles. The van der Waals surface area contributed by atoms with Crippen molar-refractivity contribution in [2.75, 3.05) is 13.2 Å². The third kappa shape index (κ3) is 3.76. The number of nitrogens with one attached hydrogen (secondary N) is 1. The highest BCUT2D eigenvalue weighted by atomic mass is 16.5. The van der Waals surface area contributed by atoms with Crippen LogP contribution in [-0.4, -0.2) is 34.6 Å². The predicted octanol–water partition coefficient (Wildman–Crippen LogP) is 2.35. The molecule has 1 aromatic carbocycles. The van der Waals surface area contributed by atoms with Gasteiger partial charge in [-0.3, -0.25) is 0 Å². The van der Waals surface area contributed by atoms with Crippen LogP contribution < -0.4 is 0 Å². The molecular weight excluding hydrogens is 270 g/mol. The molecule has 0 radical (unpaired) electrons. The van der Waals surface area contributed by atoms with Crippen LogP contribution in [0, 0.1) is 0 Å². The third-order valence-electron chi connectivity index (χ3n) is 2.75. The average Bonchev–Trinajstić information content (AvgIpc) is 2.98. The Bertz CT molecular complexity index is 605. The maximum atomic E-state index is 11.8. The number of benzene rings is 1. The van der Waals surface area contributed by atoms with Crippen LogP contribution in [0.15, 0.2) is 36.9 Å². The van der Waals surface area contributed by atoms with Gasteiger partial charge in [-0.25, -0.2) is 4.79 Å². The zero-order chi connectivity index (χ0) is 15.1. The van der Waals surface area contributed by atoms with Crippen molar-refractivity contribution >= 4 is 5.97 Å². The zero-order valence-electron chi connectivity index (χ0n) is 11.8. The van der Waals surface area contributed by atoms with E-state index in [1.165, 1.54) is 0 Å². The molecule has 0 bridgehead atoms. The fourth-order valence-corrected chi connectivity index (χ4v) is 1.79. The number of hydrogen-bond donors (Lipinski definition) is 1. The summed E-state index contributed by atoms with van der Waals surface area (Å²) in [7, 11) is 0. The first-order valence-electron chi connectivity index (χ1n) is 6.62. The molecule has 0 saturated heterocycles. The van der Waals surface area contributed by atoms with Crippen molar-refractivity contribution in [2.45, 2.75) is 13.5 Å². The Morgan fingerprint density at radius 2 is 2.10 bits per heavy atom. The molecule has 0 aliphatic rings. The molecule has 0 unspecified atom stereocenters. The van der Waals surface area contributed by atoms with Crippen LogP contribution in [0.1, 0.15) is 23.0 Å². The Kier molecular flexibility index (Phi) is 5.22. The van der Waals surface area contributed by atoms with Crippen molar-refractivity contribution in [3.8, 4) is 11.3 Å². The molecule has 1 N–H and O–H groups in total. The van der Waals surface area contributed by atoms with E-state index >= 15 is 0 Å². The zero-order valence-corrected chi connectivity index (χ0v) is 11.8. The highest BCUT2D eigenvalue weighted by Gasteiger charge is 2.18. The van der Waals surface area contributed by atoms with Crippen LogP contribution in [0.2, 0.25) is 0 Å². The molecule has 110 valence electrons. The Labute approximate surface area is 122 Å². The van der Waals surface area contributed by atoms with Gasteiger partial charge >= 0.3 is 5.97 Å². The molecule has 1 heterocycles. The summed E-state index contributed by atoms with van der Waals surface area (Å²) in [4.78, 5) is 11.8. The van der Waals surface area contributed by atoms with Crippen molar-refractivity contribution in [3.63, 3.8) is 0 Å². The molecule has 0 fully saturated rings. The Morgan fingerprint density at radius 3 is 2.76 bits per heavy atom. The number of rotatable bonds is 7. The van der Waals surface area contributed by atoms with E-state index in [1.807, 2.05) is 24.3 Å². The summed E-state index contributed by atoms with van der Waals surface area (Å²) in [6.45, 7) is 6.66. The second kappa shape index (κ2) is 7.35. The van der Waals surface area contributed by atoms with E-state index in [2.05, 4.69) is 22.0 Å². The lowest BCUT2D eigenvalue weighted by atomic mass is 10.1. The normalized spacial score (nSPS) is 10.3. The van der Waals surface area contributed by atoms with Crippen LogP contribution in [0.3, 0.4) is 0 Å². The summed E-state index contributed by atoms with van der Waals surface area (Å²) in [6, 6.07) is 7.57. The summed E-state index contributed by atoms with van der Waals surface area (Å²) in [6.07, 6.45) is 1.70. The number of esters is 1. The fourth-order valence-electron chi connectivity index (χ4n) is 1.79. The molecule has 0 spiro atoms. The van der Waals surface area contributed by atoms with Gasteiger partial charge in [-0.15, -0.1) is 11.7 Å². The molecule has 1 aromatic heterocycles. The standard InChI is InChI=1S/C15H17N3O3/c1-3-9-20-10-11-5-7-12(8-6-11)13-14(17-18-16-13)15(19)21-4-2/h3,5-8H,1,4,9-10H2,2H3,(H,16,17,18). The Morgan fingerprint density at radius 1 is 1.33 bits per heavy atom. The van der Waals surface area contributed by atoms with E-state index in [0.717, 1.165) is 11.1 Å². The number of H-pyrrole nitrogens is 1. The number of nitrogens with zero attached hydrogens (tertiary/aromatic N) is 2. The van der Waals surface area contributed by atoms with Gasteiger partial charge in [-0.05, 0) is 12.5 Å². The van der Waals surface area contributed by atoms with Crippen LogP contribution in [0.5, 0.6) is 0 Å². The summed E-state index contributed by atoms with van der Waals surface area (Å²) in [5.74, 6) is -0.486. The van der Waals surface area contributed by atoms with Crippen molar-refractivity contribution in [1.82, 2.24) is 15.4 Å². The van der Waals surface area contributed by atoms with Crippen molar-refractivity contribution in [2.24, 2.45) is 0 Å². The smallest absolute Gasteiger partial charge is 0.361 e. The van der Waals surface area contributed by atoms with Crippen molar-refractivity contribution in [3.05, 3.63) is 48.2 Å². The van der Waals surface area contributed by atoms with Crippen LogP contribution >= 0.6 is 0 Å². The van der Waals surface area contributed by atoms with Crippen molar-refractivity contribution < 1.29 is 14.3 Å². The summed E-state index contributed by atoms with van der Waals surface area (Å²) in [5, 5.41) is 10.3. The number of carbonyl (C=O) groups excluding carboxylic acids is 1. The van der Waals surface area contributed by atoms with Crippen LogP contribution in [0.4, 0.5) is 0 Å². The van der Waals surface area contributed by atoms with Crippen LogP contribution in [0.25, 0.3) is 11.3 Å². The number of aromatic nitrogens is 3.